The van der Waals surface area contributed by atoms with E-state index in [4.69, 9.17) is 9.26 Å². The molecule has 0 aliphatic carbocycles. The molecule has 2 N–H and O–H groups in total. The summed E-state index contributed by atoms with van der Waals surface area (Å²) in [5, 5.41) is 9.47. The number of carbonyl (C=O) groups is 2. The highest BCUT2D eigenvalue weighted by molar-refractivity contribution is 5.88. The van der Waals surface area contributed by atoms with Gasteiger partial charge in [-0.25, -0.2) is 0 Å². The largest absolute Gasteiger partial charge is 0.457 e. The van der Waals surface area contributed by atoms with Gasteiger partial charge in [0, 0.05) is 25.7 Å². The quantitative estimate of drug-likeness (QED) is 0.566. The summed E-state index contributed by atoms with van der Waals surface area (Å²) in [5.41, 5.74) is 1.77. The predicted molar refractivity (Wildman–Crippen MR) is 118 cm³/mol. The number of amides is 2. The fourth-order valence-corrected chi connectivity index (χ4v) is 3.67. The highest BCUT2D eigenvalue weighted by Crippen LogP contribution is 2.23. The summed E-state index contributed by atoms with van der Waals surface area (Å²) in [7, 11) is 0. The van der Waals surface area contributed by atoms with Crippen LogP contribution in [-0.2, 0) is 22.7 Å². The zero-order valence-electron chi connectivity index (χ0n) is 17.9. The summed E-state index contributed by atoms with van der Waals surface area (Å²) < 4.78 is 11.0. The van der Waals surface area contributed by atoms with Crippen molar-refractivity contribution in [1.29, 1.82) is 0 Å². The van der Waals surface area contributed by atoms with Crippen LogP contribution >= 0.6 is 0 Å². The van der Waals surface area contributed by atoms with E-state index in [1.165, 1.54) is 0 Å². The van der Waals surface area contributed by atoms with Gasteiger partial charge in [0.25, 0.3) is 0 Å². The first-order valence-electron chi connectivity index (χ1n) is 10.6. The van der Waals surface area contributed by atoms with E-state index in [0.29, 0.717) is 25.4 Å². The Morgan fingerprint density at radius 1 is 1.19 bits per heavy atom. The molecule has 0 spiro atoms. The van der Waals surface area contributed by atoms with Gasteiger partial charge in [0.2, 0.25) is 11.8 Å². The number of para-hydroxylation sites is 1. The van der Waals surface area contributed by atoms with Crippen molar-refractivity contribution in [3.63, 3.8) is 0 Å². The fourth-order valence-electron chi connectivity index (χ4n) is 3.67. The number of ether oxygens (including phenoxy) is 1. The minimum atomic E-state index is -0.543. The molecule has 2 aromatic carbocycles. The van der Waals surface area contributed by atoms with Crippen LogP contribution in [0, 0.1) is 6.92 Å². The maximum Gasteiger partial charge on any atom is 0.237 e. The first-order chi connectivity index (χ1) is 15.6. The molecule has 4 rings (SSSR count). The Morgan fingerprint density at radius 3 is 2.78 bits per heavy atom. The molecule has 1 fully saturated rings. The molecule has 2 heterocycles. The monoisotopic (exact) mass is 434 g/mol. The fraction of sp³-hybridized carbons (Fsp3) is 0.292. The third-order valence-electron chi connectivity index (χ3n) is 5.22. The molecule has 1 atom stereocenters. The Hall–Kier alpha value is -3.65. The molecule has 1 aliphatic heterocycles. The van der Waals surface area contributed by atoms with Gasteiger partial charge < -0.3 is 19.9 Å². The van der Waals surface area contributed by atoms with Crippen LogP contribution in [-0.4, -0.2) is 41.0 Å². The van der Waals surface area contributed by atoms with Gasteiger partial charge in [-0.15, -0.1) is 0 Å². The van der Waals surface area contributed by atoms with E-state index in [2.05, 4.69) is 15.8 Å². The van der Waals surface area contributed by atoms with E-state index in [-0.39, 0.29) is 24.8 Å². The molecule has 0 saturated carbocycles. The summed E-state index contributed by atoms with van der Waals surface area (Å²) >= 11 is 0. The lowest BCUT2D eigenvalue weighted by Crippen LogP contribution is -2.56. The number of piperazine rings is 1. The zero-order chi connectivity index (χ0) is 22.3. The molecular weight excluding hydrogens is 408 g/mol. The highest BCUT2D eigenvalue weighted by atomic mass is 16.5. The number of hydrogen-bond acceptors (Lipinski definition) is 6. The van der Waals surface area contributed by atoms with Crippen molar-refractivity contribution in [1.82, 2.24) is 20.7 Å². The molecule has 1 aromatic heterocycles. The lowest BCUT2D eigenvalue weighted by atomic mass is 10.1. The average Bonchev–Trinajstić information content (AvgIpc) is 3.21. The summed E-state index contributed by atoms with van der Waals surface area (Å²) in [6, 6.07) is 18.6. The van der Waals surface area contributed by atoms with Gasteiger partial charge in [-0.1, -0.05) is 35.5 Å². The number of carbonyl (C=O) groups excluding carboxylic acids is 2. The van der Waals surface area contributed by atoms with E-state index in [1.807, 2.05) is 66.4 Å². The second kappa shape index (κ2) is 10.1. The van der Waals surface area contributed by atoms with Crippen LogP contribution in [0.15, 0.2) is 65.2 Å². The Morgan fingerprint density at radius 2 is 2.00 bits per heavy atom. The Balaban J connectivity index is 1.38. The van der Waals surface area contributed by atoms with Gasteiger partial charge in [0.15, 0.2) is 5.76 Å². The molecule has 2 amide bonds. The van der Waals surface area contributed by atoms with Crippen LogP contribution in [0.5, 0.6) is 11.5 Å². The van der Waals surface area contributed by atoms with Crippen LogP contribution in [0.4, 0.5) is 0 Å². The lowest BCUT2D eigenvalue weighted by molar-refractivity contribution is -0.134. The minimum absolute atomic E-state index is 0.0686. The molecule has 1 unspecified atom stereocenters. The second-order valence-corrected chi connectivity index (χ2v) is 7.76. The molecule has 8 heteroatoms. The van der Waals surface area contributed by atoms with Crippen LogP contribution in [0.3, 0.4) is 0 Å². The number of rotatable bonds is 8. The van der Waals surface area contributed by atoms with E-state index in [0.717, 1.165) is 22.8 Å². The molecule has 0 radical (unpaired) electrons. The topological polar surface area (TPSA) is 96.7 Å². The van der Waals surface area contributed by atoms with E-state index >= 15 is 0 Å². The van der Waals surface area contributed by atoms with Crippen molar-refractivity contribution in [2.45, 2.75) is 32.5 Å². The van der Waals surface area contributed by atoms with Crippen molar-refractivity contribution >= 4 is 11.8 Å². The summed E-state index contributed by atoms with van der Waals surface area (Å²) in [6.07, 6.45) is 0.0686. The number of aromatic nitrogens is 1. The van der Waals surface area contributed by atoms with Gasteiger partial charge in [0.1, 0.15) is 11.5 Å². The average molecular weight is 434 g/mol. The summed E-state index contributed by atoms with van der Waals surface area (Å²) in [4.78, 5) is 27.0. The minimum Gasteiger partial charge on any atom is -0.457 e. The van der Waals surface area contributed by atoms with Crippen LogP contribution < -0.4 is 15.4 Å². The summed E-state index contributed by atoms with van der Waals surface area (Å²) in [6.45, 7) is 3.81. The van der Waals surface area contributed by atoms with Crippen LogP contribution in [0.25, 0.3) is 0 Å². The number of aryl methyl sites for hydroxylation is 1. The lowest BCUT2D eigenvalue weighted by Gasteiger charge is -2.34. The standard InChI is InChI=1S/C24H26N4O4/c1-17-12-21(32-27-17)15-26-23(29)14-22-24(30)25-10-11-28(22)16-18-6-5-9-20(13-18)31-19-7-3-2-4-8-19/h2-9,12-13,22H,10-11,14-16H2,1H3,(H,25,30)(H,26,29). The first-order valence-corrected chi connectivity index (χ1v) is 10.6. The highest BCUT2D eigenvalue weighted by Gasteiger charge is 2.31. The van der Waals surface area contributed by atoms with Crippen molar-refractivity contribution in [3.05, 3.63) is 77.7 Å². The van der Waals surface area contributed by atoms with Crippen molar-refractivity contribution in [2.24, 2.45) is 0 Å². The predicted octanol–water partition coefficient (Wildman–Crippen LogP) is 2.78. The molecule has 3 aromatic rings. The molecule has 1 saturated heterocycles. The van der Waals surface area contributed by atoms with E-state index in [9.17, 15) is 9.59 Å². The zero-order valence-corrected chi connectivity index (χ0v) is 17.9. The first kappa shape index (κ1) is 21.6. The van der Waals surface area contributed by atoms with Gasteiger partial charge in [-0.3, -0.25) is 14.5 Å². The smallest absolute Gasteiger partial charge is 0.237 e. The Bertz CT molecular complexity index is 1070. The Labute approximate surface area is 186 Å². The second-order valence-electron chi connectivity index (χ2n) is 7.76. The maximum absolute atomic E-state index is 12.5. The number of benzene rings is 2. The van der Waals surface area contributed by atoms with E-state index in [1.54, 1.807) is 6.07 Å². The molecule has 0 bridgehead atoms. The van der Waals surface area contributed by atoms with Crippen molar-refractivity contribution in [3.8, 4) is 11.5 Å². The molecule has 166 valence electrons. The maximum atomic E-state index is 12.5. The van der Waals surface area contributed by atoms with Crippen LogP contribution in [0.2, 0.25) is 0 Å². The number of nitrogens with zero attached hydrogens (tertiary/aromatic N) is 2. The van der Waals surface area contributed by atoms with E-state index < -0.39 is 6.04 Å². The molecule has 8 nitrogen and oxygen atoms in total. The van der Waals surface area contributed by atoms with Gasteiger partial charge in [-0.05, 0) is 36.8 Å². The number of nitrogens with one attached hydrogen (secondary N) is 2. The van der Waals surface area contributed by atoms with Crippen molar-refractivity contribution in [2.75, 3.05) is 13.1 Å². The van der Waals surface area contributed by atoms with Gasteiger partial charge in [0.05, 0.1) is 24.7 Å². The van der Waals surface area contributed by atoms with Crippen LogP contribution in [0.1, 0.15) is 23.4 Å². The van der Waals surface area contributed by atoms with Crippen molar-refractivity contribution < 1.29 is 18.8 Å². The Kier molecular flexibility index (Phi) is 6.81. The van der Waals surface area contributed by atoms with Gasteiger partial charge in [-0.2, -0.15) is 0 Å². The number of hydrogen-bond donors (Lipinski definition) is 2. The van der Waals surface area contributed by atoms with Gasteiger partial charge >= 0.3 is 0 Å². The molecular formula is C24H26N4O4. The third-order valence-corrected chi connectivity index (χ3v) is 5.22. The molecule has 32 heavy (non-hydrogen) atoms. The SMILES string of the molecule is Cc1cc(CNC(=O)CC2C(=O)NCCN2Cc2cccc(Oc3ccccc3)c2)on1. The normalized spacial score (nSPS) is 16.4. The molecule has 1 aliphatic rings. The summed E-state index contributed by atoms with van der Waals surface area (Å²) in [5.74, 6) is 1.72. The third kappa shape index (κ3) is 5.73.